The molecule has 2 atom stereocenters. The first-order valence-electron chi connectivity index (χ1n) is 11.6. The maximum atomic E-state index is 13.9. The van der Waals surface area contributed by atoms with Crippen molar-refractivity contribution in [3.63, 3.8) is 0 Å². The van der Waals surface area contributed by atoms with Gasteiger partial charge in [0, 0.05) is 17.8 Å². The summed E-state index contributed by atoms with van der Waals surface area (Å²) in [5.74, 6) is 0.130. The minimum Gasteiger partial charge on any atom is -0.493 e. The highest BCUT2D eigenvalue weighted by Crippen LogP contribution is 2.48. The number of carbonyl (C=O) groups excluding carboxylic acids is 2. The fraction of sp³-hybridized carbons (Fsp3) is 0.286. The summed E-state index contributed by atoms with van der Waals surface area (Å²) >= 11 is 0. The molecular weight excluding hydrogens is 428 g/mol. The number of ether oxygens (including phenoxy) is 2. The molecule has 0 unspecified atom stereocenters. The van der Waals surface area contributed by atoms with Crippen molar-refractivity contribution in [2.75, 3.05) is 26.1 Å². The van der Waals surface area contributed by atoms with Crippen LogP contribution in [0, 0.1) is 0 Å². The van der Waals surface area contributed by atoms with Crippen molar-refractivity contribution in [1.29, 1.82) is 0 Å². The number of hydrogen-bond donors (Lipinski definition) is 1. The standard InChI is InChI=1S/C28H28N2O4/c1-4-17-8-7-10-19(14-17)29-27(31)25-21-15-23(33-2)24(34-3)16-22(21)28(32)30-13-12-18-9-5-6-11-20(18)26(25)30/h5-11,14-16,25-26H,4,12-13H2,1-3H3,(H,29,31)/t25-,26+/m0/s1. The van der Waals surface area contributed by atoms with E-state index in [4.69, 9.17) is 9.47 Å². The van der Waals surface area contributed by atoms with Crippen molar-refractivity contribution in [2.24, 2.45) is 0 Å². The Morgan fingerprint density at radius 1 is 1.00 bits per heavy atom. The molecule has 34 heavy (non-hydrogen) atoms. The number of nitrogens with zero attached hydrogens (tertiary/aromatic N) is 1. The molecule has 174 valence electrons. The summed E-state index contributed by atoms with van der Waals surface area (Å²) in [6, 6.07) is 19.1. The highest BCUT2D eigenvalue weighted by Gasteiger charge is 2.47. The summed E-state index contributed by atoms with van der Waals surface area (Å²) < 4.78 is 11.0. The minimum atomic E-state index is -0.598. The topological polar surface area (TPSA) is 67.9 Å². The third-order valence-electron chi connectivity index (χ3n) is 6.91. The van der Waals surface area contributed by atoms with Crippen molar-refractivity contribution < 1.29 is 19.1 Å². The molecule has 3 aromatic carbocycles. The molecule has 0 aliphatic carbocycles. The normalized spacial score (nSPS) is 18.4. The summed E-state index contributed by atoms with van der Waals surface area (Å²) in [6.07, 6.45) is 1.64. The zero-order valence-corrected chi connectivity index (χ0v) is 19.6. The number of amides is 2. The quantitative estimate of drug-likeness (QED) is 0.602. The summed E-state index contributed by atoms with van der Waals surface area (Å²) in [5, 5.41) is 3.12. The Labute approximate surface area is 199 Å². The number of fused-ring (bicyclic) bond motifs is 4. The lowest BCUT2D eigenvalue weighted by Gasteiger charge is -2.45. The van der Waals surface area contributed by atoms with Crippen molar-refractivity contribution in [3.05, 3.63) is 88.5 Å². The molecule has 0 bridgehead atoms. The second-order valence-corrected chi connectivity index (χ2v) is 8.71. The van der Waals surface area contributed by atoms with Crippen LogP contribution in [0.4, 0.5) is 5.69 Å². The van der Waals surface area contributed by atoms with Crippen molar-refractivity contribution in [1.82, 2.24) is 4.90 Å². The molecule has 6 nitrogen and oxygen atoms in total. The predicted molar refractivity (Wildman–Crippen MR) is 131 cm³/mol. The van der Waals surface area contributed by atoms with E-state index in [0.29, 0.717) is 29.2 Å². The highest BCUT2D eigenvalue weighted by atomic mass is 16.5. The molecule has 5 rings (SSSR count). The molecule has 0 saturated heterocycles. The number of carbonyl (C=O) groups is 2. The lowest BCUT2D eigenvalue weighted by molar-refractivity contribution is -0.119. The number of anilines is 1. The van der Waals surface area contributed by atoms with Crippen LogP contribution in [-0.4, -0.2) is 37.5 Å². The van der Waals surface area contributed by atoms with Gasteiger partial charge in [-0.25, -0.2) is 0 Å². The van der Waals surface area contributed by atoms with Crippen molar-refractivity contribution in [2.45, 2.75) is 31.7 Å². The van der Waals surface area contributed by atoms with E-state index < -0.39 is 12.0 Å². The monoisotopic (exact) mass is 456 g/mol. The zero-order valence-electron chi connectivity index (χ0n) is 19.6. The Kier molecular flexibility index (Phi) is 5.74. The molecule has 1 N–H and O–H groups in total. The number of hydrogen-bond acceptors (Lipinski definition) is 4. The number of rotatable bonds is 5. The Hall–Kier alpha value is -3.80. The smallest absolute Gasteiger partial charge is 0.254 e. The first-order chi connectivity index (χ1) is 16.5. The van der Waals surface area contributed by atoms with Crippen LogP contribution in [0.3, 0.4) is 0 Å². The van der Waals surface area contributed by atoms with Crippen LogP contribution in [0.2, 0.25) is 0 Å². The van der Waals surface area contributed by atoms with Gasteiger partial charge in [0.1, 0.15) is 0 Å². The predicted octanol–water partition coefficient (Wildman–Crippen LogP) is 4.74. The average molecular weight is 457 g/mol. The van der Waals surface area contributed by atoms with Crippen LogP contribution < -0.4 is 14.8 Å². The van der Waals surface area contributed by atoms with Gasteiger partial charge in [-0.05, 0) is 59.4 Å². The fourth-order valence-electron chi connectivity index (χ4n) is 5.22. The molecule has 2 aliphatic heterocycles. The average Bonchev–Trinajstić information content (AvgIpc) is 2.88. The van der Waals surface area contributed by atoms with Gasteiger partial charge in [0.05, 0.1) is 26.2 Å². The first-order valence-corrected chi connectivity index (χ1v) is 11.6. The second-order valence-electron chi connectivity index (χ2n) is 8.71. The van der Waals surface area contributed by atoms with E-state index in [1.54, 1.807) is 26.4 Å². The van der Waals surface area contributed by atoms with E-state index in [1.165, 1.54) is 5.56 Å². The lowest BCUT2D eigenvalue weighted by Crippen LogP contribution is -2.49. The van der Waals surface area contributed by atoms with Gasteiger partial charge < -0.3 is 19.7 Å². The van der Waals surface area contributed by atoms with Gasteiger partial charge in [0.15, 0.2) is 11.5 Å². The summed E-state index contributed by atoms with van der Waals surface area (Å²) in [5.41, 5.74) is 5.23. The van der Waals surface area contributed by atoms with Gasteiger partial charge in [-0.15, -0.1) is 0 Å². The lowest BCUT2D eigenvalue weighted by atomic mass is 9.75. The number of nitrogens with one attached hydrogen (secondary N) is 1. The van der Waals surface area contributed by atoms with Gasteiger partial charge >= 0.3 is 0 Å². The van der Waals surface area contributed by atoms with Crippen LogP contribution in [0.5, 0.6) is 11.5 Å². The van der Waals surface area contributed by atoms with Crippen LogP contribution in [-0.2, 0) is 17.6 Å². The maximum absolute atomic E-state index is 13.9. The summed E-state index contributed by atoms with van der Waals surface area (Å²) in [7, 11) is 3.10. The van der Waals surface area contributed by atoms with Gasteiger partial charge in [-0.1, -0.05) is 43.3 Å². The van der Waals surface area contributed by atoms with Crippen molar-refractivity contribution >= 4 is 17.5 Å². The third kappa shape index (κ3) is 3.59. The molecule has 2 amide bonds. The highest BCUT2D eigenvalue weighted by molar-refractivity contribution is 6.05. The van der Waals surface area contributed by atoms with Gasteiger partial charge in [-0.2, -0.15) is 0 Å². The molecule has 0 spiro atoms. The van der Waals surface area contributed by atoms with Crippen LogP contribution in [0.15, 0.2) is 60.7 Å². The van der Waals surface area contributed by atoms with Crippen LogP contribution >= 0.6 is 0 Å². The van der Waals surface area contributed by atoms with E-state index in [1.807, 2.05) is 47.4 Å². The Morgan fingerprint density at radius 2 is 1.76 bits per heavy atom. The SMILES string of the molecule is CCc1cccc(NC(=O)[C@H]2c3cc(OC)c(OC)cc3C(=O)N3CCc4ccccc4[C@H]23)c1. The molecule has 3 aromatic rings. The molecule has 0 aromatic heterocycles. The van der Waals surface area contributed by atoms with Gasteiger partial charge in [-0.3, -0.25) is 9.59 Å². The molecule has 6 heteroatoms. The van der Waals surface area contributed by atoms with Crippen LogP contribution in [0.1, 0.15) is 51.5 Å². The molecule has 2 aliphatic rings. The fourth-order valence-corrected chi connectivity index (χ4v) is 5.22. The van der Waals surface area contributed by atoms with E-state index >= 15 is 0 Å². The number of methoxy groups -OCH3 is 2. The second kappa shape index (κ2) is 8.86. The minimum absolute atomic E-state index is 0.0903. The molecule has 0 fully saturated rings. The van der Waals surface area contributed by atoms with Crippen LogP contribution in [0.25, 0.3) is 0 Å². The molecule has 0 saturated carbocycles. The van der Waals surface area contributed by atoms with E-state index in [2.05, 4.69) is 18.3 Å². The Balaban J connectivity index is 1.66. The molecule has 2 heterocycles. The zero-order chi connectivity index (χ0) is 23.8. The molecular formula is C28H28N2O4. The van der Waals surface area contributed by atoms with Crippen molar-refractivity contribution in [3.8, 4) is 11.5 Å². The van der Waals surface area contributed by atoms with E-state index in [9.17, 15) is 9.59 Å². The molecule has 0 radical (unpaired) electrons. The number of aryl methyl sites for hydroxylation is 1. The largest absolute Gasteiger partial charge is 0.493 e. The maximum Gasteiger partial charge on any atom is 0.254 e. The number of benzene rings is 3. The Bertz CT molecular complexity index is 1270. The summed E-state index contributed by atoms with van der Waals surface area (Å²) in [6.45, 7) is 2.64. The third-order valence-corrected chi connectivity index (χ3v) is 6.91. The van der Waals surface area contributed by atoms with Gasteiger partial charge in [0.25, 0.3) is 5.91 Å². The first kappa shape index (κ1) is 22.0. The van der Waals surface area contributed by atoms with E-state index in [-0.39, 0.29) is 11.8 Å². The van der Waals surface area contributed by atoms with E-state index in [0.717, 1.165) is 29.7 Å². The Morgan fingerprint density at radius 3 is 2.53 bits per heavy atom. The summed E-state index contributed by atoms with van der Waals surface area (Å²) in [4.78, 5) is 29.4. The van der Waals surface area contributed by atoms with Gasteiger partial charge in [0.2, 0.25) is 5.91 Å².